The van der Waals surface area contributed by atoms with Gasteiger partial charge in [-0.15, -0.1) is 0 Å². The highest BCUT2D eigenvalue weighted by molar-refractivity contribution is 5.92. The predicted octanol–water partition coefficient (Wildman–Crippen LogP) is -1.35. The predicted molar refractivity (Wildman–Crippen MR) is 111 cm³/mol. The number of guanidine groups is 1. The van der Waals surface area contributed by atoms with Gasteiger partial charge in [0.05, 0.1) is 0 Å². The lowest BCUT2D eigenvalue weighted by Crippen LogP contribution is -2.46. The largest absolute Gasteiger partial charge is 0.370 e. The van der Waals surface area contributed by atoms with Crippen molar-refractivity contribution in [2.24, 2.45) is 22.2 Å². The van der Waals surface area contributed by atoms with E-state index in [1.54, 1.807) is 6.08 Å². The number of rotatable bonds is 17. The zero-order valence-corrected chi connectivity index (χ0v) is 16.7. The van der Waals surface area contributed by atoms with Gasteiger partial charge < -0.3 is 38.3 Å². The molecule has 0 saturated heterocycles. The number of nitrogens with zero attached hydrogens (tertiary/aromatic N) is 1. The first-order valence-electron chi connectivity index (χ1n) is 9.86. The quantitative estimate of drug-likeness (QED) is 0.0518. The molecule has 0 aromatic heterocycles. The van der Waals surface area contributed by atoms with Crippen LogP contribution in [0.25, 0.3) is 0 Å². The Morgan fingerprint density at radius 1 is 1.00 bits per heavy atom. The molecule has 2 amide bonds. The molecule has 1 atom stereocenters. The molecule has 0 bridgehead atoms. The zero-order chi connectivity index (χ0) is 21.0. The van der Waals surface area contributed by atoms with Crippen molar-refractivity contribution in [1.82, 2.24) is 16.0 Å². The average Bonchev–Trinajstić information content (AvgIpc) is 2.65. The van der Waals surface area contributed by atoms with E-state index in [9.17, 15) is 14.7 Å². The van der Waals surface area contributed by atoms with E-state index in [4.69, 9.17) is 17.2 Å². The smallest absolute Gasteiger partial charge is 0.269 e. The Morgan fingerprint density at radius 2 is 1.71 bits per heavy atom. The number of hydrogen-bond acceptors (Lipinski definition) is 6. The van der Waals surface area contributed by atoms with Crippen molar-refractivity contribution >= 4 is 17.8 Å². The molecular weight excluding hydrogens is 362 g/mol. The Kier molecular flexibility index (Phi) is 16.8. The van der Waals surface area contributed by atoms with Crippen molar-refractivity contribution in [1.29, 1.82) is 0 Å². The number of carbonyl (C=O) groups excluding carboxylic acids is 2. The van der Waals surface area contributed by atoms with Gasteiger partial charge in [0.1, 0.15) is 0 Å². The molecule has 0 aromatic rings. The van der Waals surface area contributed by atoms with Crippen molar-refractivity contribution < 1.29 is 14.7 Å². The monoisotopic (exact) mass is 399 g/mol. The summed E-state index contributed by atoms with van der Waals surface area (Å²) in [6, 6.07) is 0. The van der Waals surface area contributed by atoms with Gasteiger partial charge in [-0.2, -0.15) is 0 Å². The van der Waals surface area contributed by atoms with Crippen molar-refractivity contribution in [3.05, 3.63) is 12.2 Å². The lowest BCUT2D eigenvalue weighted by Gasteiger charge is -2.12. The van der Waals surface area contributed by atoms with Crippen LogP contribution in [0.1, 0.15) is 44.9 Å². The number of aliphatic imine (C=N–C) groups is 1. The number of aliphatic hydroxyl groups excluding tert-OH is 1. The van der Waals surface area contributed by atoms with Crippen molar-refractivity contribution in [2.75, 3.05) is 32.7 Å². The van der Waals surface area contributed by atoms with Crippen molar-refractivity contribution in [3.8, 4) is 0 Å². The second-order valence-corrected chi connectivity index (χ2v) is 6.36. The number of unbranched alkanes of at least 4 members (excludes halogenated alkanes) is 4. The highest BCUT2D eigenvalue weighted by atomic mass is 16.3. The van der Waals surface area contributed by atoms with Crippen LogP contribution < -0.4 is 33.2 Å². The highest BCUT2D eigenvalue weighted by Gasteiger charge is 2.15. The maximum absolute atomic E-state index is 11.7. The van der Waals surface area contributed by atoms with E-state index < -0.39 is 18.0 Å². The number of hydrogen-bond donors (Lipinski definition) is 7. The maximum Gasteiger partial charge on any atom is 0.269 e. The van der Waals surface area contributed by atoms with E-state index in [1.165, 1.54) is 6.08 Å². The van der Waals surface area contributed by atoms with Gasteiger partial charge in [0, 0.05) is 13.1 Å². The highest BCUT2D eigenvalue weighted by Crippen LogP contribution is 2.00. The van der Waals surface area contributed by atoms with E-state index in [0.29, 0.717) is 19.6 Å². The maximum atomic E-state index is 11.7. The van der Waals surface area contributed by atoms with Crippen LogP contribution in [0, 0.1) is 0 Å². The molecule has 1 unspecified atom stereocenters. The van der Waals surface area contributed by atoms with Gasteiger partial charge in [-0.05, 0) is 64.2 Å². The molecule has 0 aliphatic carbocycles. The van der Waals surface area contributed by atoms with Crippen LogP contribution in [0.2, 0.25) is 0 Å². The number of allylic oxidation sites excluding steroid dienone is 1. The Balaban J connectivity index is 3.69. The summed E-state index contributed by atoms with van der Waals surface area (Å²) in [6.07, 6.45) is 7.53. The third-order valence-electron chi connectivity index (χ3n) is 3.76. The minimum Gasteiger partial charge on any atom is -0.370 e. The molecule has 0 fully saturated rings. The Labute approximate surface area is 167 Å². The van der Waals surface area contributed by atoms with E-state index in [0.717, 1.165) is 58.0 Å². The molecule has 0 rings (SSSR count). The summed E-state index contributed by atoms with van der Waals surface area (Å²) in [7, 11) is 0. The number of nitrogens with two attached hydrogens (primary N) is 3. The van der Waals surface area contributed by atoms with E-state index in [1.807, 2.05) is 0 Å². The molecule has 0 radical (unpaired) electrons. The average molecular weight is 400 g/mol. The topological polar surface area (TPSA) is 181 Å². The first kappa shape index (κ1) is 25.8. The normalized spacial score (nSPS) is 11.9. The van der Waals surface area contributed by atoms with E-state index in [-0.39, 0.29) is 5.96 Å². The first-order chi connectivity index (χ1) is 13.5. The summed E-state index contributed by atoms with van der Waals surface area (Å²) >= 11 is 0. The SMILES string of the molecule is NCCCNCCCCNC(=O)C(O)NC(=O)C=CCCCCCN=C(N)N. The number of aliphatic hydroxyl groups is 1. The molecule has 10 nitrogen and oxygen atoms in total. The van der Waals surface area contributed by atoms with Gasteiger partial charge >= 0.3 is 0 Å². The summed E-state index contributed by atoms with van der Waals surface area (Å²) < 4.78 is 0. The number of amides is 2. The summed E-state index contributed by atoms with van der Waals surface area (Å²) in [5.74, 6) is -1.03. The molecular formula is C18H37N7O3. The van der Waals surface area contributed by atoms with Gasteiger partial charge in [0.15, 0.2) is 5.96 Å². The fourth-order valence-electron chi connectivity index (χ4n) is 2.23. The molecule has 0 saturated carbocycles. The molecule has 0 heterocycles. The van der Waals surface area contributed by atoms with Gasteiger partial charge in [-0.3, -0.25) is 14.6 Å². The van der Waals surface area contributed by atoms with Crippen LogP contribution in [0.4, 0.5) is 0 Å². The Hall–Kier alpha value is -2.17. The molecule has 10 heteroatoms. The lowest BCUT2D eigenvalue weighted by atomic mass is 10.2. The van der Waals surface area contributed by atoms with Gasteiger partial charge in [-0.25, -0.2) is 0 Å². The summed E-state index contributed by atoms with van der Waals surface area (Å²) in [6.45, 7) is 3.45. The van der Waals surface area contributed by atoms with Gasteiger partial charge in [0.2, 0.25) is 12.1 Å². The van der Waals surface area contributed by atoms with Crippen LogP contribution in [-0.2, 0) is 9.59 Å². The van der Waals surface area contributed by atoms with E-state index >= 15 is 0 Å². The third kappa shape index (κ3) is 17.3. The van der Waals surface area contributed by atoms with Gasteiger partial charge in [0.25, 0.3) is 5.91 Å². The molecule has 28 heavy (non-hydrogen) atoms. The molecule has 0 aromatic carbocycles. The lowest BCUT2D eigenvalue weighted by molar-refractivity contribution is -0.135. The van der Waals surface area contributed by atoms with Crippen LogP contribution in [0.3, 0.4) is 0 Å². The zero-order valence-electron chi connectivity index (χ0n) is 16.7. The number of nitrogens with one attached hydrogen (secondary N) is 3. The molecule has 0 aliphatic rings. The van der Waals surface area contributed by atoms with E-state index in [2.05, 4.69) is 20.9 Å². The molecule has 0 aliphatic heterocycles. The summed E-state index contributed by atoms with van der Waals surface area (Å²) in [4.78, 5) is 27.3. The van der Waals surface area contributed by atoms with Crippen LogP contribution >= 0.6 is 0 Å². The van der Waals surface area contributed by atoms with Crippen molar-refractivity contribution in [2.45, 2.75) is 51.2 Å². The van der Waals surface area contributed by atoms with Crippen molar-refractivity contribution in [3.63, 3.8) is 0 Å². The number of carbonyl (C=O) groups is 2. The van der Waals surface area contributed by atoms with Crippen LogP contribution in [-0.4, -0.2) is 61.8 Å². The second-order valence-electron chi connectivity index (χ2n) is 6.36. The molecule has 0 spiro atoms. The first-order valence-corrected chi connectivity index (χ1v) is 9.86. The van der Waals surface area contributed by atoms with Crippen LogP contribution in [0.15, 0.2) is 17.1 Å². The second kappa shape index (κ2) is 18.2. The fraction of sp³-hybridized carbons (Fsp3) is 0.722. The summed E-state index contributed by atoms with van der Waals surface area (Å²) in [5, 5.41) is 17.8. The fourth-order valence-corrected chi connectivity index (χ4v) is 2.23. The molecule has 10 N–H and O–H groups in total. The minimum atomic E-state index is -1.56. The Morgan fingerprint density at radius 3 is 2.43 bits per heavy atom. The third-order valence-corrected chi connectivity index (χ3v) is 3.76. The minimum absolute atomic E-state index is 0.0921. The van der Waals surface area contributed by atoms with Gasteiger partial charge in [-0.1, -0.05) is 12.5 Å². The summed E-state index contributed by atoms with van der Waals surface area (Å²) in [5.41, 5.74) is 15.8. The van der Waals surface area contributed by atoms with Crippen LogP contribution in [0.5, 0.6) is 0 Å². The standard InChI is InChI=1S/C18H37N7O3/c19-10-8-12-22-11-6-7-13-23-16(27)17(28)25-15(26)9-4-2-1-3-5-14-24-18(20)21/h4,9,17,22,28H,1-3,5-8,10-14,19H2,(H,23,27)(H,25,26)(H4,20,21,24). The molecule has 162 valence electrons. The Bertz CT molecular complexity index is 480.